The number of nitrogens with one attached hydrogen (secondary N) is 3. The molecule has 2 aliphatic heterocycles. The summed E-state index contributed by atoms with van der Waals surface area (Å²) in [4.78, 5) is 55.6. The Morgan fingerprint density at radius 2 is 1.67 bits per heavy atom. The predicted octanol–water partition coefficient (Wildman–Crippen LogP) is 2.70. The first-order valence-corrected chi connectivity index (χ1v) is 18.8. The van der Waals surface area contributed by atoms with E-state index in [0.717, 1.165) is 17.0 Å². The van der Waals surface area contributed by atoms with Gasteiger partial charge in [-0.1, -0.05) is 63.3 Å². The minimum Gasteiger partial charge on any atom is -0.416 e. The van der Waals surface area contributed by atoms with Crippen LogP contribution in [0.5, 0.6) is 0 Å². The van der Waals surface area contributed by atoms with Crippen molar-refractivity contribution in [3.8, 4) is 0 Å². The van der Waals surface area contributed by atoms with Crippen molar-refractivity contribution >= 4 is 54.2 Å². The SMILES string of the molecule is CC(C)(C)[SiH2]OC(C)(C)C(CC(=O)NS(C)(=O)=O)NC(=O)C1CCC2CC=CCC(NC(=O)c3ccc4ccccc4c3)C(=O)N21. The molecule has 4 atom stereocenters. The van der Waals surface area contributed by atoms with Crippen LogP contribution in [0.1, 0.15) is 77.1 Å². The van der Waals surface area contributed by atoms with Crippen LogP contribution in [0, 0.1) is 0 Å². The van der Waals surface area contributed by atoms with Crippen molar-refractivity contribution in [2.75, 3.05) is 6.26 Å². The molecule has 1 fully saturated rings. The number of amides is 4. The van der Waals surface area contributed by atoms with Gasteiger partial charge in [-0.05, 0) is 67.5 Å². The van der Waals surface area contributed by atoms with Crippen molar-refractivity contribution in [2.24, 2.45) is 0 Å². The Morgan fingerprint density at radius 3 is 2.35 bits per heavy atom. The van der Waals surface area contributed by atoms with Gasteiger partial charge in [0.25, 0.3) is 5.91 Å². The molecule has 2 heterocycles. The van der Waals surface area contributed by atoms with Crippen LogP contribution in [0.4, 0.5) is 0 Å². The molecule has 1 saturated heterocycles. The maximum Gasteiger partial charge on any atom is 0.251 e. The van der Waals surface area contributed by atoms with E-state index in [1.807, 2.05) is 47.2 Å². The van der Waals surface area contributed by atoms with Gasteiger partial charge in [0.15, 0.2) is 9.76 Å². The van der Waals surface area contributed by atoms with Crippen LogP contribution in [-0.4, -0.2) is 82.7 Å². The van der Waals surface area contributed by atoms with Gasteiger partial charge in [-0.25, -0.2) is 8.42 Å². The second-order valence-corrected chi connectivity index (χ2v) is 18.5. The second kappa shape index (κ2) is 14.1. The van der Waals surface area contributed by atoms with E-state index in [2.05, 4.69) is 31.4 Å². The number of carbonyl (C=O) groups is 4. The normalized spacial score (nSPS) is 21.5. The minimum absolute atomic E-state index is 0.0731. The lowest BCUT2D eigenvalue weighted by atomic mass is 9.95. The summed E-state index contributed by atoms with van der Waals surface area (Å²) in [6, 6.07) is 10.3. The molecule has 2 aromatic rings. The van der Waals surface area contributed by atoms with Crippen LogP contribution < -0.4 is 15.4 Å². The van der Waals surface area contributed by atoms with Gasteiger partial charge in [0.05, 0.1) is 24.3 Å². The fraction of sp³-hybridized carbons (Fsp3) is 0.515. The zero-order chi connectivity index (χ0) is 33.9. The molecule has 250 valence electrons. The molecule has 13 heteroatoms. The third-order valence-corrected chi connectivity index (χ3v) is 10.7. The lowest BCUT2D eigenvalue weighted by Crippen LogP contribution is -2.60. The Balaban J connectivity index is 1.54. The van der Waals surface area contributed by atoms with Crippen molar-refractivity contribution in [2.45, 2.75) is 102 Å². The summed E-state index contributed by atoms with van der Waals surface area (Å²) < 4.78 is 31.8. The largest absolute Gasteiger partial charge is 0.416 e. The molecule has 2 aromatic carbocycles. The first-order valence-electron chi connectivity index (χ1n) is 15.7. The molecule has 11 nitrogen and oxygen atoms in total. The van der Waals surface area contributed by atoms with E-state index in [-0.39, 0.29) is 35.7 Å². The molecule has 3 N–H and O–H groups in total. The number of rotatable bonds is 10. The molecular weight excluding hydrogens is 625 g/mol. The van der Waals surface area contributed by atoms with E-state index in [1.54, 1.807) is 30.9 Å². The molecule has 0 aromatic heterocycles. The van der Waals surface area contributed by atoms with Crippen molar-refractivity contribution in [3.05, 3.63) is 60.2 Å². The van der Waals surface area contributed by atoms with Crippen LogP contribution in [0.15, 0.2) is 54.6 Å². The molecule has 4 rings (SSSR count). The zero-order valence-electron chi connectivity index (χ0n) is 27.5. The van der Waals surface area contributed by atoms with Crippen molar-refractivity contribution < 1.29 is 32.0 Å². The Morgan fingerprint density at radius 1 is 1.00 bits per heavy atom. The van der Waals surface area contributed by atoms with E-state index in [0.29, 0.717) is 24.8 Å². The third-order valence-electron chi connectivity index (χ3n) is 8.34. The summed E-state index contributed by atoms with van der Waals surface area (Å²) in [7, 11) is -4.93. The van der Waals surface area contributed by atoms with Crippen LogP contribution in [0.3, 0.4) is 0 Å². The van der Waals surface area contributed by atoms with Crippen molar-refractivity contribution in [1.29, 1.82) is 0 Å². The highest BCUT2D eigenvalue weighted by atomic mass is 32.2. The summed E-state index contributed by atoms with van der Waals surface area (Å²) in [6.07, 6.45) is 6.28. The quantitative estimate of drug-likeness (QED) is 0.260. The van der Waals surface area contributed by atoms with Crippen molar-refractivity contribution in [1.82, 2.24) is 20.3 Å². The monoisotopic (exact) mass is 670 g/mol. The topological polar surface area (TPSA) is 151 Å². The lowest BCUT2D eigenvalue weighted by molar-refractivity contribution is -0.143. The molecule has 0 spiro atoms. The van der Waals surface area contributed by atoms with Gasteiger partial charge in [0, 0.05) is 11.6 Å². The van der Waals surface area contributed by atoms with Crippen LogP contribution in [0.2, 0.25) is 5.04 Å². The standard InChI is InChI=1S/C33H46N4O7SSi/c1-32(2,3)46-44-33(4,5)27(20-28(38)36-45(6,42)43)35-30(40)26-18-17-24-13-9-10-14-25(31(41)37(24)26)34-29(39)23-16-15-21-11-7-8-12-22(21)19-23/h7-12,15-16,19,24-27H,13-14,17-18,20,46H2,1-6H3,(H,34,39)(H,35,40)(H,36,38). The predicted molar refractivity (Wildman–Crippen MR) is 180 cm³/mol. The summed E-state index contributed by atoms with van der Waals surface area (Å²) in [5, 5.41) is 7.67. The highest BCUT2D eigenvalue weighted by Gasteiger charge is 2.45. The maximum absolute atomic E-state index is 14.1. The third kappa shape index (κ3) is 9.26. The molecule has 0 saturated carbocycles. The second-order valence-electron chi connectivity index (χ2n) is 14.0. The molecule has 0 aliphatic carbocycles. The molecule has 4 amide bonds. The smallest absolute Gasteiger partial charge is 0.251 e. The summed E-state index contributed by atoms with van der Waals surface area (Å²) in [5.41, 5.74) is -0.567. The fourth-order valence-electron chi connectivity index (χ4n) is 5.84. The van der Waals surface area contributed by atoms with E-state index in [9.17, 15) is 27.6 Å². The van der Waals surface area contributed by atoms with Crippen LogP contribution in [-0.2, 0) is 28.8 Å². The Hall–Kier alpha value is -3.55. The summed E-state index contributed by atoms with van der Waals surface area (Å²) in [5.74, 6) is -1.95. The zero-order valence-corrected chi connectivity index (χ0v) is 29.7. The minimum atomic E-state index is -3.81. The molecular formula is C33H46N4O7SSi. The van der Waals surface area contributed by atoms with Gasteiger partial charge < -0.3 is 20.0 Å². The van der Waals surface area contributed by atoms with Gasteiger partial charge >= 0.3 is 0 Å². The van der Waals surface area contributed by atoms with Crippen LogP contribution in [0.25, 0.3) is 10.8 Å². The Labute approximate surface area is 273 Å². The fourth-order valence-corrected chi connectivity index (χ4v) is 7.34. The highest BCUT2D eigenvalue weighted by molar-refractivity contribution is 7.89. The first kappa shape index (κ1) is 35.3. The molecule has 0 bridgehead atoms. The lowest BCUT2D eigenvalue weighted by Gasteiger charge is -2.39. The molecule has 46 heavy (non-hydrogen) atoms. The Kier molecular flexibility index (Phi) is 10.8. The number of fused-ring (bicyclic) bond motifs is 2. The number of sulfonamides is 1. The van der Waals surface area contributed by atoms with E-state index in [1.165, 1.54) is 0 Å². The van der Waals surface area contributed by atoms with Gasteiger partial charge in [-0.3, -0.25) is 23.9 Å². The molecule has 4 unspecified atom stereocenters. The van der Waals surface area contributed by atoms with Crippen molar-refractivity contribution in [3.63, 3.8) is 0 Å². The Bertz CT molecular complexity index is 1620. The number of carbonyl (C=O) groups excluding carboxylic acids is 4. The highest BCUT2D eigenvalue weighted by Crippen LogP contribution is 2.31. The number of hydrogen-bond acceptors (Lipinski definition) is 7. The van der Waals surface area contributed by atoms with Gasteiger partial charge in [0.1, 0.15) is 12.1 Å². The van der Waals surface area contributed by atoms with Gasteiger partial charge in [0.2, 0.25) is 27.7 Å². The number of hydrogen-bond donors (Lipinski definition) is 3. The maximum atomic E-state index is 14.1. The first-order chi connectivity index (χ1) is 21.4. The van der Waals surface area contributed by atoms with Crippen LogP contribution >= 0.6 is 0 Å². The average Bonchev–Trinajstić information content (AvgIpc) is 3.38. The average molecular weight is 671 g/mol. The molecule has 2 aliphatic rings. The van der Waals surface area contributed by atoms with E-state index < -0.39 is 55.3 Å². The number of benzene rings is 2. The molecule has 0 radical (unpaired) electrons. The number of nitrogens with zero attached hydrogens (tertiary/aromatic N) is 1. The summed E-state index contributed by atoms with van der Waals surface area (Å²) in [6.45, 7) is 9.69. The van der Waals surface area contributed by atoms with Gasteiger partial charge in [-0.15, -0.1) is 0 Å². The van der Waals surface area contributed by atoms with Gasteiger partial charge in [-0.2, -0.15) is 0 Å². The van der Waals surface area contributed by atoms with E-state index >= 15 is 0 Å². The van der Waals surface area contributed by atoms with E-state index in [4.69, 9.17) is 4.43 Å². The summed E-state index contributed by atoms with van der Waals surface area (Å²) >= 11 is 0.